The molecular weight excluding hydrogens is 252 g/mol. The van der Waals surface area contributed by atoms with Crippen LogP contribution in [-0.2, 0) is 12.5 Å². The number of hydrogen-bond acceptors (Lipinski definition) is 3. The molecule has 1 aromatic rings. The fourth-order valence-corrected chi connectivity index (χ4v) is 2.78. The Morgan fingerprint density at radius 1 is 1.50 bits per heavy atom. The SMILES string of the molecule is CC1CC(CN)CN1C(=O)c1cc(C(C)(C)C)nn1C. The number of aryl methyl sites for hydroxylation is 1. The second kappa shape index (κ2) is 5.20. The normalized spacial score (nSPS) is 23.4. The number of carbonyl (C=O) groups is 1. The summed E-state index contributed by atoms with van der Waals surface area (Å²) in [4.78, 5) is 14.6. The third kappa shape index (κ3) is 2.73. The summed E-state index contributed by atoms with van der Waals surface area (Å²) in [7, 11) is 1.84. The van der Waals surface area contributed by atoms with Crippen molar-refractivity contribution < 1.29 is 4.79 Å². The van der Waals surface area contributed by atoms with Crippen molar-refractivity contribution in [3.8, 4) is 0 Å². The Morgan fingerprint density at radius 3 is 2.60 bits per heavy atom. The van der Waals surface area contributed by atoms with Crippen LogP contribution in [0.3, 0.4) is 0 Å². The molecule has 5 nitrogen and oxygen atoms in total. The number of aromatic nitrogens is 2. The van der Waals surface area contributed by atoms with E-state index in [1.165, 1.54) is 0 Å². The van der Waals surface area contributed by atoms with Crippen LogP contribution in [0.25, 0.3) is 0 Å². The molecule has 2 heterocycles. The minimum Gasteiger partial charge on any atom is -0.334 e. The maximum absolute atomic E-state index is 12.7. The van der Waals surface area contributed by atoms with E-state index in [1.54, 1.807) is 4.68 Å². The van der Waals surface area contributed by atoms with Gasteiger partial charge in [-0.1, -0.05) is 20.8 Å². The molecule has 1 fully saturated rings. The van der Waals surface area contributed by atoms with Gasteiger partial charge >= 0.3 is 0 Å². The van der Waals surface area contributed by atoms with Crippen molar-refractivity contribution in [3.63, 3.8) is 0 Å². The molecule has 20 heavy (non-hydrogen) atoms. The molecule has 0 aliphatic carbocycles. The Balaban J connectivity index is 2.24. The summed E-state index contributed by atoms with van der Waals surface area (Å²) in [6, 6.07) is 2.18. The monoisotopic (exact) mass is 278 g/mol. The molecule has 112 valence electrons. The van der Waals surface area contributed by atoms with Crippen molar-refractivity contribution in [1.82, 2.24) is 14.7 Å². The summed E-state index contributed by atoms with van der Waals surface area (Å²) in [5.74, 6) is 0.489. The average Bonchev–Trinajstić information content (AvgIpc) is 2.91. The van der Waals surface area contributed by atoms with Crippen molar-refractivity contribution in [3.05, 3.63) is 17.5 Å². The zero-order valence-electron chi connectivity index (χ0n) is 13.2. The van der Waals surface area contributed by atoms with Crippen LogP contribution < -0.4 is 5.73 Å². The molecule has 2 unspecified atom stereocenters. The molecule has 1 amide bonds. The summed E-state index contributed by atoms with van der Waals surface area (Å²) < 4.78 is 1.70. The molecule has 0 saturated carbocycles. The third-order valence-electron chi connectivity index (χ3n) is 4.12. The molecule has 0 radical (unpaired) electrons. The van der Waals surface area contributed by atoms with Crippen LogP contribution in [-0.4, -0.2) is 39.7 Å². The first-order valence-electron chi connectivity index (χ1n) is 7.29. The molecule has 2 rings (SSSR count). The maximum atomic E-state index is 12.7. The lowest BCUT2D eigenvalue weighted by Crippen LogP contribution is -2.35. The van der Waals surface area contributed by atoms with E-state index in [9.17, 15) is 4.79 Å². The molecule has 1 aromatic heterocycles. The van der Waals surface area contributed by atoms with E-state index in [2.05, 4.69) is 32.8 Å². The third-order valence-corrected chi connectivity index (χ3v) is 4.12. The minimum absolute atomic E-state index is 0.0489. The van der Waals surface area contributed by atoms with Gasteiger partial charge in [0.25, 0.3) is 5.91 Å². The van der Waals surface area contributed by atoms with Gasteiger partial charge in [0, 0.05) is 25.0 Å². The largest absolute Gasteiger partial charge is 0.334 e. The smallest absolute Gasteiger partial charge is 0.272 e. The first-order chi connectivity index (χ1) is 9.24. The molecule has 0 bridgehead atoms. The fraction of sp³-hybridized carbons (Fsp3) is 0.733. The number of carbonyl (C=O) groups excluding carboxylic acids is 1. The van der Waals surface area contributed by atoms with Gasteiger partial charge in [-0.2, -0.15) is 5.10 Å². The van der Waals surface area contributed by atoms with Crippen molar-refractivity contribution in [2.24, 2.45) is 18.7 Å². The van der Waals surface area contributed by atoms with E-state index >= 15 is 0 Å². The van der Waals surface area contributed by atoms with Gasteiger partial charge in [-0.15, -0.1) is 0 Å². The summed E-state index contributed by atoms with van der Waals surface area (Å²) >= 11 is 0. The zero-order valence-corrected chi connectivity index (χ0v) is 13.2. The summed E-state index contributed by atoms with van der Waals surface area (Å²) in [5.41, 5.74) is 7.30. The van der Waals surface area contributed by atoms with Gasteiger partial charge in [-0.05, 0) is 31.9 Å². The maximum Gasteiger partial charge on any atom is 0.272 e. The second-order valence-corrected chi connectivity index (χ2v) is 6.93. The molecule has 2 N–H and O–H groups in total. The molecule has 5 heteroatoms. The van der Waals surface area contributed by atoms with Crippen molar-refractivity contribution >= 4 is 5.91 Å². The lowest BCUT2D eigenvalue weighted by Gasteiger charge is -2.21. The lowest BCUT2D eigenvalue weighted by molar-refractivity contribution is 0.0732. The van der Waals surface area contributed by atoms with Gasteiger partial charge in [0.1, 0.15) is 5.69 Å². The van der Waals surface area contributed by atoms with Gasteiger partial charge in [-0.3, -0.25) is 9.48 Å². The van der Waals surface area contributed by atoms with Crippen LogP contribution in [0, 0.1) is 5.92 Å². The topological polar surface area (TPSA) is 64.2 Å². The zero-order chi connectivity index (χ0) is 15.1. The van der Waals surface area contributed by atoms with Gasteiger partial charge < -0.3 is 10.6 Å². The van der Waals surface area contributed by atoms with E-state index in [4.69, 9.17) is 5.73 Å². The Labute approximate surface area is 121 Å². The van der Waals surface area contributed by atoms with E-state index < -0.39 is 0 Å². The van der Waals surface area contributed by atoms with Gasteiger partial charge in [0.15, 0.2) is 0 Å². The van der Waals surface area contributed by atoms with Crippen LogP contribution in [0.5, 0.6) is 0 Å². The molecular formula is C15H26N4O. The highest BCUT2D eigenvalue weighted by atomic mass is 16.2. The van der Waals surface area contributed by atoms with E-state index in [1.807, 2.05) is 18.0 Å². The highest BCUT2D eigenvalue weighted by molar-refractivity contribution is 5.93. The molecule has 1 saturated heterocycles. The standard InChI is InChI=1S/C15H26N4O/c1-10-6-11(8-16)9-19(10)14(20)12-7-13(15(2,3)4)17-18(12)5/h7,10-11H,6,8-9,16H2,1-5H3. The average molecular weight is 278 g/mol. The van der Waals surface area contributed by atoms with E-state index in [0.29, 0.717) is 18.2 Å². The van der Waals surface area contributed by atoms with Gasteiger partial charge in [0.05, 0.1) is 5.69 Å². The van der Waals surface area contributed by atoms with E-state index in [0.717, 1.165) is 18.7 Å². The van der Waals surface area contributed by atoms with Crippen LogP contribution in [0.4, 0.5) is 0 Å². The van der Waals surface area contributed by atoms with E-state index in [-0.39, 0.29) is 17.4 Å². The predicted molar refractivity (Wildman–Crippen MR) is 79.6 cm³/mol. The van der Waals surface area contributed by atoms with Crippen molar-refractivity contribution in [1.29, 1.82) is 0 Å². The lowest BCUT2D eigenvalue weighted by atomic mass is 9.92. The van der Waals surface area contributed by atoms with Crippen LogP contribution in [0.15, 0.2) is 6.07 Å². The second-order valence-electron chi connectivity index (χ2n) is 6.93. The summed E-state index contributed by atoms with van der Waals surface area (Å²) in [6.07, 6.45) is 0.992. The quantitative estimate of drug-likeness (QED) is 0.892. The Hall–Kier alpha value is -1.36. The van der Waals surface area contributed by atoms with Crippen LogP contribution in [0.2, 0.25) is 0 Å². The summed E-state index contributed by atoms with van der Waals surface area (Å²) in [6.45, 7) is 9.81. The molecule has 0 spiro atoms. The highest BCUT2D eigenvalue weighted by Crippen LogP contribution is 2.26. The fourth-order valence-electron chi connectivity index (χ4n) is 2.78. The van der Waals surface area contributed by atoms with Gasteiger partial charge in [0.2, 0.25) is 0 Å². The van der Waals surface area contributed by atoms with Crippen molar-refractivity contribution in [2.45, 2.75) is 45.6 Å². The first-order valence-corrected chi connectivity index (χ1v) is 7.29. The van der Waals surface area contributed by atoms with Crippen LogP contribution in [0.1, 0.15) is 50.3 Å². The Bertz CT molecular complexity index is 500. The first kappa shape index (κ1) is 15.0. The Kier molecular flexibility index (Phi) is 3.91. The molecule has 0 aromatic carbocycles. The number of nitrogens with zero attached hydrogens (tertiary/aromatic N) is 3. The molecule has 1 aliphatic rings. The number of likely N-dealkylation sites (tertiary alicyclic amines) is 1. The molecule has 2 atom stereocenters. The number of rotatable bonds is 2. The van der Waals surface area contributed by atoms with Crippen molar-refractivity contribution in [2.75, 3.05) is 13.1 Å². The van der Waals surface area contributed by atoms with Crippen LogP contribution >= 0.6 is 0 Å². The number of amides is 1. The summed E-state index contributed by atoms with van der Waals surface area (Å²) in [5, 5.41) is 4.48. The van der Waals surface area contributed by atoms with Gasteiger partial charge in [-0.25, -0.2) is 0 Å². The Morgan fingerprint density at radius 2 is 2.15 bits per heavy atom. The predicted octanol–water partition coefficient (Wildman–Crippen LogP) is 1.53. The number of nitrogens with two attached hydrogens (primary N) is 1. The minimum atomic E-state index is -0.0489. The number of hydrogen-bond donors (Lipinski definition) is 1. The molecule has 1 aliphatic heterocycles. The highest BCUT2D eigenvalue weighted by Gasteiger charge is 2.34.